The molecule has 2 N–H and O–H groups in total. The molecule has 0 amide bonds. The lowest BCUT2D eigenvalue weighted by Gasteiger charge is -2.17. The quantitative estimate of drug-likeness (QED) is 0.802. The Morgan fingerprint density at radius 2 is 2.00 bits per heavy atom. The van der Waals surface area contributed by atoms with E-state index in [4.69, 9.17) is 9.47 Å². The first-order valence-electron chi connectivity index (χ1n) is 6.88. The van der Waals surface area contributed by atoms with Crippen molar-refractivity contribution in [2.24, 2.45) is 0 Å². The van der Waals surface area contributed by atoms with E-state index in [2.05, 4.69) is 0 Å². The fourth-order valence-corrected chi connectivity index (χ4v) is 2.40. The van der Waals surface area contributed by atoms with Crippen LogP contribution >= 0.6 is 0 Å². The molecule has 0 unspecified atom stereocenters. The molecule has 0 atom stereocenters. The predicted molar refractivity (Wildman–Crippen MR) is 82.6 cm³/mol. The Balaban J connectivity index is 2.77. The molecule has 0 aliphatic carbocycles. The average Bonchev–Trinajstić information content (AvgIpc) is 2.55. The van der Waals surface area contributed by atoms with Gasteiger partial charge in [-0.1, -0.05) is 18.2 Å². The van der Waals surface area contributed by atoms with Crippen LogP contribution in [0.25, 0.3) is 11.1 Å². The van der Waals surface area contributed by atoms with Gasteiger partial charge in [0.05, 0.1) is 20.3 Å². The van der Waals surface area contributed by atoms with E-state index in [0.29, 0.717) is 35.3 Å². The number of aromatic hydroxyl groups is 1. The lowest BCUT2D eigenvalue weighted by atomic mass is 9.95. The number of methoxy groups -OCH3 is 1. The largest absolute Gasteiger partial charge is 0.504 e. The van der Waals surface area contributed by atoms with E-state index in [1.165, 1.54) is 13.2 Å². The van der Waals surface area contributed by atoms with Crippen molar-refractivity contribution in [2.75, 3.05) is 13.7 Å². The Labute approximate surface area is 128 Å². The smallest absolute Gasteiger partial charge is 0.166 e. The first kappa shape index (κ1) is 15.9. The number of aldehydes is 1. The van der Waals surface area contributed by atoms with Gasteiger partial charge in [0.1, 0.15) is 5.75 Å². The highest BCUT2D eigenvalue weighted by Gasteiger charge is 2.21. The molecule has 5 nitrogen and oxygen atoms in total. The summed E-state index contributed by atoms with van der Waals surface area (Å²) in [5.41, 5.74) is 1.52. The number of aliphatic hydroxyl groups excluding tert-OH is 1. The minimum Gasteiger partial charge on any atom is -0.504 e. The van der Waals surface area contributed by atoms with Gasteiger partial charge >= 0.3 is 0 Å². The third-order valence-electron chi connectivity index (χ3n) is 3.32. The van der Waals surface area contributed by atoms with E-state index in [-0.39, 0.29) is 23.7 Å². The third kappa shape index (κ3) is 2.76. The zero-order chi connectivity index (χ0) is 16.1. The minimum atomic E-state index is -0.342. The Morgan fingerprint density at radius 1 is 1.27 bits per heavy atom. The van der Waals surface area contributed by atoms with Crippen LogP contribution in [-0.4, -0.2) is 30.2 Å². The molecule has 0 aliphatic rings. The van der Waals surface area contributed by atoms with Crippen LogP contribution < -0.4 is 9.47 Å². The van der Waals surface area contributed by atoms with Gasteiger partial charge in [0, 0.05) is 22.3 Å². The van der Waals surface area contributed by atoms with Crippen molar-refractivity contribution in [3.05, 3.63) is 41.5 Å². The molecule has 0 aliphatic heterocycles. The number of ether oxygens (including phenoxy) is 2. The summed E-state index contributed by atoms with van der Waals surface area (Å²) in [6.07, 6.45) is 0.635. The van der Waals surface area contributed by atoms with Crippen molar-refractivity contribution < 1.29 is 24.5 Å². The molecule has 0 bridgehead atoms. The third-order valence-corrected chi connectivity index (χ3v) is 3.32. The van der Waals surface area contributed by atoms with Crippen LogP contribution in [0, 0.1) is 0 Å². The molecule has 0 radical (unpaired) electrons. The fourth-order valence-electron chi connectivity index (χ4n) is 2.40. The number of carbonyl (C=O) groups is 1. The number of phenolic OH excluding ortho intramolecular Hbond substituents is 1. The predicted octanol–water partition coefficient (Wildman–Crippen LogP) is 2.77. The Hall–Kier alpha value is -2.53. The van der Waals surface area contributed by atoms with Crippen LogP contribution in [0.3, 0.4) is 0 Å². The summed E-state index contributed by atoms with van der Waals surface area (Å²) >= 11 is 0. The van der Waals surface area contributed by atoms with Crippen LogP contribution in [0.5, 0.6) is 17.2 Å². The normalized spacial score (nSPS) is 10.3. The summed E-state index contributed by atoms with van der Waals surface area (Å²) in [5, 5.41) is 19.9. The summed E-state index contributed by atoms with van der Waals surface area (Å²) < 4.78 is 10.7. The maximum absolute atomic E-state index is 11.4. The Kier molecular flexibility index (Phi) is 5.01. The molecule has 5 heteroatoms. The van der Waals surface area contributed by atoms with Crippen LogP contribution in [-0.2, 0) is 6.61 Å². The van der Waals surface area contributed by atoms with Gasteiger partial charge in [0.25, 0.3) is 0 Å². The highest BCUT2D eigenvalue weighted by molar-refractivity contribution is 5.94. The molecular formula is C17H18O5. The van der Waals surface area contributed by atoms with Crippen LogP contribution in [0.1, 0.15) is 22.8 Å². The molecule has 22 heavy (non-hydrogen) atoms. The highest BCUT2D eigenvalue weighted by Crippen LogP contribution is 2.44. The van der Waals surface area contributed by atoms with Crippen molar-refractivity contribution in [3.63, 3.8) is 0 Å². The summed E-state index contributed by atoms with van der Waals surface area (Å²) in [5.74, 6) is 0.514. The number of benzene rings is 2. The number of rotatable bonds is 6. The van der Waals surface area contributed by atoms with E-state index in [1.54, 1.807) is 18.2 Å². The second-order valence-corrected chi connectivity index (χ2v) is 4.59. The van der Waals surface area contributed by atoms with Crippen LogP contribution in [0.15, 0.2) is 30.3 Å². The summed E-state index contributed by atoms with van der Waals surface area (Å²) in [7, 11) is 1.40. The SMILES string of the molecule is CCOc1ccccc1-c1c(C=O)cc(CO)c(OC)c1O. The number of hydrogen-bond donors (Lipinski definition) is 2. The molecule has 2 aromatic carbocycles. The van der Waals surface area contributed by atoms with Gasteiger partial charge in [-0.05, 0) is 19.1 Å². The number of carbonyl (C=O) groups excluding carboxylic acids is 1. The minimum absolute atomic E-state index is 0.148. The first-order valence-corrected chi connectivity index (χ1v) is 6.88. The molecule has 0 heterocycles. The van der Waals surface area contributed by atoms with Crippen LogP contribution in [0.4, 0.5) is 0 Å². The molecule has 0 spiro atoms. The molecule has 0 fully saturated rings. The van der Waals surface area contributed by atoms with E-state index in [0.717, 1.165) is 0 Å². The molecule has 0 saturated carbocycles. The molecule has 0 aromatic heterocycles. The molecule has 2 rings (SSSR count). The van der Waals surface area contributed by atoms with Gasteiger partial charge in [-0.3, -0.25) is 4.79 Å². The van der Waals surface area contributed by atoms with Gasteiger partial charge in [-0.25, -0.2) is 0 Å². The Morgan fingerprint density at radius 3 is 2.59 bits per heavy atom. The number of phenols is 1. The van der Waals surface area contributed by atoms with Gasteiger partial charge in [0.2, 0.25) is 0 Å². The van der Waals surface area contributed by atoms with E-state index in [1.807, 2.05) is 13.0 Å². The van der Waals surface area contributed by atoms with Crippen LogP contribution in [0.2, 0.25) is 0 Å². The molecule has 0 saturated heterocycles. The molecule has 2 aromatic rings. The lowest BCUT2D eigenvalue weighted by molar-refractivity contribution is 0.112. The summed E-state index contributed by atoms with van der Waals surface area (Å²) in [6.45, 7) is 1.97. The van der Waals surface area contributed by atoms with Crippen molar-refractivity contribution in [1.82, 2.24) is 0 Å². The van der Waals surface area contributed by atoms with Crippen molar-refractivity contribution in [1.29, 1.82) is 0 Å². The number of hydrogen-bond acceptors (Lipinski definition) is 5. The Bertz CT molecular complexity index is 679. The summed E-state index contributed by atoms with van der Waals surface area (Å²) in [4.78, 5) is 11.4. The van der Waals surface area contributed by atoms with Gasteiger partial charge in [0.15, 0.2) is 17.8 Å². The van der Waals surface area contributed by atoms with Crippen molar-refractivity contribution in [2.45, 2.75) is 13.5 Å². The average molecular weight is 302 g/mol. The first-order chi connectivity index (χ1) is 10.7. The monoisotopic (exact) mass is 302 g/mol. The molecular weight excluding hydrogens is 284 g/mol. The standard InChI is InChI=1S/C17H18O5/c1-3-22-14-7-5-4-6-13(14)15-11(9-18)8-12(10-19)17(21-2)16(15)20/h4-9,19-20H,3,10H2,1-2H3. The van der Waals surface area contributed by atoms with E-state index >= 15 is 0 Å². The zero-order valence-corrected chi connectivity index (χ0v) is 12.5. The number of para-hydroxylation sites is 1. The lowest BCUT2D eigenvalue weighted by Crippen LogP contribution is -2.00. The fraction of sp³-hybridized carbons (Fsp3) is 0.235. The maximum Gasteiger partial charge on any atom is 0.166 e. The maximum atomic E-state index is 11.4. The number of aliphatic hydroxyl groups is 1. The van der Waals surface area contributed by atoms with Crippen molar-refractivity contribution >= 4 is 6.29 Å². The van der Waals surface area contributed by atoms with E-state index in [9.17, 15) is 15.0 Å². The highest BCUT2D eigenvalue weighted by atomic mass is 16.5. The van der Waals surface area contributed by atoms with Gasteiger partial charge < -0.3 is 19.7 Å². The van der Waals surface area contributed by atoms with Gasteiger partial charge in [-0.2, -0.15) is 0 Å². The zero-order valence-electron chi connectivity index (χ0n) is 12.5. The topological polar surface area (TPSA) is 76.0 Å². The second kappa shape index (κ2) is 6.95. The summed E-state index contributed by atoms with van der Waals surface area (Å²) in [6, 6.07) is 8.62. The van der Waals surface area contributed by atoms with E-state index < -0.39 is 0 Å². The molecule has 116 valence electrons. The van der Waals surface area contributed by atoms with Gasteiger partial charge in [-0.15, -0.1) is 0 Å². The van der Waals surface area contributed by atoms with Crippen molar-refractivity contribution in [3.8, 4) is 28.4 Å². The second-order valence-electron chi connectivity index (χ2n) is 4.59.